The van der Waals surface area contributed by atoms with Crippen LogP contribution in [0.5, 0.6) is 0 Å². The lowest BCUT2D eigenvalue weighted by atomic mass is 9.93. The predicted molar refractivity (Wildman–Crippen MR) is 80.1 cm³/mol. The molecular weight excluding hydrogens is 270 g/mol. The van der Waals surface area contributed by atoms with Crippen LogP contribution in [-0.2, 0) is 14.2 Å². The van der Waals surface area contributed by atoms with E-state index in [0.717, 1.165) is 45.1 Å². The van der Waals surface area contributed by atoms with Gasteiger partial charge in [0.1, 0.15) is 5.60 Å². The molecule has 0 radical (unpaired) electrons. The van der Waals surface area contributed by atoms with Gasteiger partial charge in [-0.25, -0.2) is 4.79 Å². The Kier molecular flexibility index (Phi) is 5.88. The SMILES string of the molecule is CC(C)(C)OC(=O)NC1CCC(O[C@@H]2CCCCO2)CC1. The van der Waals surface area contributed by atoms with Gasteiger partial charge < -0.3 is 19.5 Å². The van der Waals surface area contributed by atoms with Crippen molar-refractivity contribution in [3.63, 3.8) is 0 Å². The number of rotatable bonds is 3. The molecule has 122 valence electrons. The van der Waals surface area contributed by atoms with Crippen LogP contribution in [0.3, 0.4) is 0 Å². The molecule has 0 aromatic carbocycles. The Hall–Kier alpha value is -0.810. The smallest absolute Gasteiger partial charge is 0.407 e. The molecule has 1 N–H and O–H groups in total. The topological polar surface area (TPSA) is 56.8 Å². The van der Waals surface area contributed by atoms with Gasteiger partial charge in [-0.05, 0) is 65.7 Å². The molecule has 5 heteroatoms. The number of alkyl carbamates (subject to hydrolysis) is 1. The standard InChI is InChI=1S/C16H29NO4/c1-16(2,3)21-15(18)17-12-7-9-13(10-8-12)20-14-6-4-5-11-19-14/h12-14H,4-11H2,1-3H3,(H,17,18)/t12?,13?,14-/m1/s1. The van der Waals surface area contributed by atoms with Crippen molar-refractivity contribution in [2.24, 2.45) is 0 Å². The summed E-state index contributed by atoms with van der Waals surface area (Å²) in [6.07, 6.45) is 7.11. The first-order chi connectivity index (χ1) is 9.92. The highest BCUT2D eigenvalue weighted by molar-refractivity contribution is 5.68. The maximum absolute atomic E-state index is 11.7. The Morgan fingerprint density at radius 2 is 1.81 bits per heavy atom. The van der Waals surface area contributed by atoms with Gasteiger partial charge in [0.15, 0.2) is 6.29 Å². The normalized spacial score (nSPS) is 30.7. The van der Waals surface area contributed by atoms with Gasteiger partial charge in [0.25, 0.3) is 0 Å². The Labute approximate surface area is 127 Å². The van der Waals surface area contributed by atoms with Crippen LogP contribution < -0.4 is 5.32 Å². The number of carbonyl (C=O) groups excluding carboxylic acids is 1. The van der Waals surface area contributed by atoms with E-state index < -0.39 is 5.60 Å². The van der Waals surface area contributed by atoms with Crippen LogP contribution in [0.15, 0.2) is 0 Å². The van der Waals surface area contributed by atoms with Gasteiger partial charge in [-0.2, -0.15) is 0 Å². The minimum absolute atomic E-state index is 0.0147. The van der Waals surface area contributed by atoms with Gasteiger partial charge in [0, 0.05) is 12.6 Å². The molecule has 2 aliphatic rings. The molecule has 0 aromatic heterocycles. The zero-order valence-corrected chi connectivity index (χ0v) is 13.5. The molecule has 2 fully saturated rings. The minimum atomic E-state index is -0.442. The molecule has 1 aliphatic heterocycles. The maximum atomic E-state index is 11.7. The Bertz CT molecular complexity index is 326. The van der Waals surface area contributed by atoms with Crippen LogP contribution >= 0.6 is 0 Å². The van der Waals surface area contributed by atoms with E-state index in [1.165, 1.54) is 6.42 Å². The molecule has 0 spiro atoms. The molecule has 5 nitrogen and oxygen atoms in total. The van der Waals surface area contributed by atoms with E-state index in [4.69, 9.17) is 14.2 Å². The second kappa shape index (κ2) is 7.45. The van der Waals surface area contributed by atoms with E-state index in [-0.39, 0.29) is 24.5 Å². The van der Waals surface area contributed by atoms with Gasteiger partial charge in [0.05, 0.1) is 6.10 Å². The fourth-order valence-corrected chi connectivity index (χ4v) is 2.85. The lowest BCUT2D eigenvalue weighted by Gasteiger charge is -2.33. The van der Waals surface area contributed by atoms with Crippen molar-refractivity contribution in [3.8, 4) is 0 Å². The predicted octanol–water partition coefficient (Wildman–Crippen LogP) is 3.37. The van der Waals surface area contributed by atoms with Crippen molar-refractivity contribution in [1.82, 2.24) is 5.32 Å². The third-order valence-electron chi connectivity index (χ3n) is 3.88. The van der Waals surface area contributed by atoms with E-state index in [9.17, 15) is 4.79 Å². The van der Waals surface area contributed by atoms with E-state index in [0.29, 0.717) is 0 Å². The van der Waals surface area contributed by atoms with Crippen LogP contribution in [0.25, 0.3) is 0 Å². The van der Waals surface area contributed by atoms with Gasteiger partial charge in [0.2, 0.25) is 0 Å². The van der Waals surface area contributed by atoms with Gasteiger partial charge >= 0.3 is 6.09 Å². The van der Waals surface area contributed by atoms with Crippen LogP contribution in [-0.4, -0.2) is 36.7 Å². The highest BCUT2D eigenvalue weighted by Crippen LogP contribution is 2.25. The zero-order valence-electron chi connectivity index (χ0n) is 13.5. The van der Waals surface area contributed by atoms with Crippen molar-refractivity contribution < 1.29 is 19.0 Å². The molecule has 1 heterocycles. The monoisotopic (exact) mass is 299 g/mol. The molecule has 1 amide bonds. The minimum Gasteiger partial charge on any atom is -0.444 e. The number of hydrogen-bond acceptors (Lipinski definition) is 4. The third-order valence-corrected chi connectivity index (χ3v) is 3.88. The number of ether oxygens (including phenoxy) is 3. The Morgan fingerprint density at radius 3 is 2.38 bits per heavy atom. The molecule has 1 aliphatic carbocycles. The summed E-state index contributed by atoms with van der Waals surface area (Å²) in [4.78, 5) is 11.7. The summed E-state index contributed by atoms with van der Waals surface area (Å²) in [5.41, 5.74) is -0.442. The molecule has 1 saturated carbocycles. The fourth-order valence-electron chi connectivity index (χ4n) is 2.85. The lowest BCUT2D eigenvalue weighted by Crippen LogP contribution is -2.42. The second-order valence-corrected chi connectivity index (χ2v) is 7.05. The summed E-state index contributed by atoms with van der Waals surface area (Å²) in [5.74, 6) is 0. The van der Waals surface area contributed by atoms with Gasteiger partial charge in [-0.3, -0.25) is 0 Å². The number of nitrogens with one attached hydrogen (secondary N) is 1. The molecule has 1 saturated heterocycles. The van der Waals surface area contributed by atoms with Crippen LogP contribution in [0.2, 0.25) is 0 Å². The van der Waals surface area contributed by atoms with Crippen molar-refractivity contribution in [2.75, 3.05) is 6.61 Å². The van der Waals surface area contributed by atoms with Gasteiger partial charge in [-0.1, -0.05) is 0 Å². The number of carbonyl (C=O) groups is 1. The molecular formula is C16H29NO4. The second-order valence-electron chi connectivity index (χ2n) is 7.05. The molecule has 0 bridgehead atoms. The summed E-state index contributed by atoms with van der Waals surface area (Å²) in [5, 5.41) is 2.95. The molecule has 0 aromatic rings. The Morgan fingerprint density at radius 1 is 1.10 bits per heavy atom. The number of amides is 1. The van der Waals surface area contributed by atoms with Crippen molar-refractivity contribution in [2.45, 2.75) is 89.8 Å². The van der Waals surface area contributed by atoms with E-state index in [1.807, 2.05) is 20.8 Å². The summed E-state index contributed by atoms with van der Waals surface area (Å²) in [6, 6.07) is 0.201. The first-order valence-electron chi connectivity index (χ1n) is 8.19. The average molecular weight is 299 g/mol. The lowest BCUT2D eigenvalue weighted by molar-refractivity contribution is -0.193. The van der Waals surface area contributed by atoms with Crippen LogP contribution in [0.4, 0.5) is 4.79 Å². The van der Waals surface area contributed by atoms with Crippen molar-refractivity contribution in [3.05, 3.63) is 0 Å². The van der Waals surface area contributed by atoms with E-state index >= 15 is 0 Å². The summed E-state index contributed by atoms with van der Waals surface area (Å²) in [6.45, 7) is 6.45. The molecule has 21 heavy (non-hydrogen) atoms. The summed E-state index contributed by atoms with van der Waals surface area (Å²) in [7, 11) is 0. The highest BCUT2D eigenvalue weighted by Gasteiger charge is 2.27. The molecule has 2 rings (SSSR count). The van der Waals surface area contributed by atoms with E-state index in [2.05, 4.69) is 5.32 Å². The molecule has 0 unspecified atom stereocenters. The Balaban J connectivity index is 1.64. The van der Waals surface area contributed by atoms with Crippen molar-refractivity contribution >= 4 is 6.09 Å². The quantitative estimate of drug-likeness (QED) is 0.868. The summed E-state index contributed by atoms with van der Waals surface area (Å²) >= 11 is 0. The van der Waals surface area contributed by atoms with Crippen molar-refractivity contribution in [1.29, 1.82) is 0 Å². The molecule has 1 atom stereocenters. The fraction of sp³-hybridized carbons (Fsp3) is 0.938. The van der Waals surface area contributed by atoms with Crippen LogP contribution in [0, 0.1) is 0 Å². The highest BCUT2D eigenvalue weighted by atomic mass is 16.7. The first-order valence-corrected chi connectivity index (χ1v) is 8.19. The van der Waals surface area contributed by atoms with E-state index in [1.54, 1.807) is 0 Å². The van der Waals surface area contributed by atoms with Gasteiger partial charge in [-0.15, -0.1) is 0 Å². The van der Waals surface area contributed by atoms with Crippen LogP contribution in [0.1, 0.15) is 65.7 Å². The third kappa shape index (κ3) is 6.22. The summed E-state index contributed by atoms with van der Waals surface area (Å²) < 4.78 is 16.9. The first kappa shape index (κ1) is 16.6. The number of hydrogen-bond donors (Lipinski definition) is 1. The largest absolute Gasteiger partial charge is 0.444 e. The maximum Gasteiger partial charge on any atom is 0.407 e. The zero-order chi connectivity index (χ0) is 15.3. The average Bonchev–Trinajstić information content (AvgIpc) is 2.40.